The highest BCUT2D eigenvalue weighted by molar-refractivity contribution is 5.78. The van der Waals surface area contributed by atoms with Crippen LogP contribution in [-0.4, -0.2) is 36.6 Å². The number of rotatable bonds is 4. The number of methoxy groups -OCH3 is 1. The Balaban J connectivity index is 2.02. The lowest BCUT2D eigenvalue weighted by molar-refractivity contribution is -0.142. The van der Waals surface area contributed by atoms with Crippen LogP contribution in [0, 0.1) is 0 Å². The first kappa shape index (κ1) is 13.9. The Morgan fingerprint density at radius 1 is 0.944 bits per heavy atom. The lowest BCUT2D eigenvalue weighted by Gasteiger charge is -2.41. The highest BCUT2D eigenvalue weighted by atomic mass is 16.5. The SMILES string of the molecule is COCC(=O)N(C1CCCCC1)C1CCCCC1. The van der Waals surface area contributed by atoms with Gasteiger partial charge in [0, 0.05) is 19.2 Å². The fourth-order valence-corrected chi connectivity index (χ4v) is 3.62. The van der Waals surface area contributed by atoms with Crippen molar-refractivity contribution in [1.29, 1.82) is 0 Å². The summed E-state index contributed by atoms with van der Waals surface area (Å²) in [6.07, 6.45) is 12.6. The summed E-state index contributed by atoms with van der Waals surface area (Å²) < 4.78 is 5.08. The zero-order chi connectivity index (χ0) is 12.8. The minimum atomic E-state index is 0.219. The molecule has 0 aromatic heterocycles. The largest absolute Gasteiger partial charge is 0.375 e. The van der Waals surface area contributed by atoms with E-state index in [1.165, 1.54) is 64.2 Å². The van der Waals surface area contributed by atoms with E-state index in [1.54, 1.807) is 7.11 Å². The Kier molecular flexibility index (Phi) is 5.48. The highest BCUT2D eigenvalue weighted by Gasteiger charge is 2.31. The van der Waals surface area contributed by atoms with Gasteiger partial charge in [-0.3, -0.25) is 4.79 Å². The molecule has 18 heavy (non-hydrogen) atoms. The normalized spacial score (nSPS) is 22.9. The van der Waals surface area contributed by atoms with E-state index < -0.39 is 0 Å². The minimum absolute atomic E-state index is 0.219. The van der Waals surface area contributed by atoms with Gasteiger partial charge in [-0.1, -0.05) is 38.5 Å². The Hall–Kier alpha value is -0.570. The monoisotopic (exact) mass is 253 g/mol. The first-order chi connectivity index (χ1) is 8.83. The van der Waals surface area contributed by atoms with Crippen molar-refractivity contribution >= 4 is 5.91 Å². The molecule has 3 heteroatoms. The van der Waals surface area contributed by atoms with Crippen molar-refractivity contribution in [2.45, 2.75) is 76.3 Å². The second kappa shape index (κ2) is 7.13. The Labute approximate surface area is 111 Å². The van der Waals surface area contributed by atoms with Gasteiger partial charge >= 0.3 is 0 Å². The first-order valence-electron chi connectivity index (χ1n) is 7.63. The lowest BCUT2D eigenvalue weighted by atomic mass is 9.88. The fraction of sp³-hybridized carbons (Fsp3) is 0.933. The van der Waals surface area contributed by atoms with Gasteiger partial charge in [-0.15, -0.1) is 0 Å². The van der Waals surface area contributed by atoms with Crippen LogP contribution < -0.4 is 0 Å². The topological polar surface area (TPSA) is 29.5 Å². The Morgan fingerprint density at radius 2 is 1.39 bits per heavy atom. The average molecular weight is 253 g/mol. The van der Waals surface area contributed by atoms with Crippen molar-refractivity contribution in [2.75, 3.05) is 13.7 Å². The third-order valence-electron chi connectivity index (χ3n) is 4.49. The molecule has 0 aliphatic heterocycles. The fourth-order valence-electron chi connectivity index (χ4n) is 3.62. The van der Waals surface area contributed by atoms with E-state index in [9.17, 15) is 4.79 Å². The van der Waals surface area contributed by atoms with Gasteiger partial charge in [-0.25, -0.2) is 0 Å². The van der Waals surface area contributed by atoms with E-state index in [4.69, 9.17) is 4.74 Å². The van der Waals surface area contributed by atoms with Gasteiger partial charge in [0.05, 0.1) is 0 Å². The maximum Gasteiger partial charge on any atom is 0.249 e. The van der Waals surface area contributed by atoms with Crippen LogP contribution in [0.3, 0.4) is 0 Å². The van der Waals surface area contributed by atoms with Crippen molar-refractivity contribution in [2.24, 2.45) is 0 Å². The maximum absolute atomic E-state index is 12.3. The maximum atomic E-state index is 12.3. The summed E-state index contributed by atoms with van der Waals surface area (Å²) in [5.74, 6) is 0.219. The van der Waals surface area contributed by atoms with Gasteiger partial charge in [0.1, 0.15) is 6.61 Å². The van der Waals surface area contributed by atoms with Crippen LogP contribution >= 0.6 is 0 Å². The van der Waals surface area contributed by atoms with Crippen LogP contribution in [0.15, 0.2) is 0 Å². The molecule has 0 aromatic carbocycles. The Morgan fingerprint density at radius 3 is 1.78 bits per heavy atom. The molecule has 0 spiro atoms. The summed E-state index contributed by atoms with van der Waals surface area (Å²) >= 11 is 0. The van der Waals surface area contributed by atoms with Crippen molar-refractivity contribution in [3.8, 4) is 0 Å². The van der Waals surface area contributed by atoms with Crippen LogP contribution in [-0.2, 0) is 9.53 Å². The molecule has 0 N–H and O–H groups in total. The predicted octanol–water partition coefficient (Wildman–Crippen LogP) is 3.13. The van der Waals surface area contributed by atoms with Crippen molar-refractivity contribution in [3.05, 3.63) is 0 Å². The zero-order valence-corrected chi connectivity index (χ0v) is 11.7. The van der Waals surface area contributed by atoms with E-state index >= 15 is 0 Å². The molecule has 3 nitrogen and oxygen atoms in total. The summed E-state index contributed by atoms with van der Waals surface area (Å²) in [7, 11) is 1.62. The van der Waals surface area contributed by atoms with E-state index in [-0.39, 0.29) is 12.5 Å². The van der Waals surface area contributed by atoms with Gasteiger partial charge in [0.15, 0.2) is 0 Å². The summed E-state index contributed by atoms with van der Waals surface area (Å²) in [5.41, 5.74) is 0. The molecule has 2 fully saturated rings. The zero-order valence-electron chi connectivity index (χ0n) is 11.7. The van der Waals surface area contributed by atoms with Crippen LogP contribution in [0.1, 0.15) is 64.2 Å². The summed E-state index contributed by atoms with van der Waals surface area (Å²) in [5, 5.41) is 0. The molecular weight excluding hydrogens is 226 g/mol. The molecule has 0 bridgehead atoms. The molecule has 2 aliphatic rings. The van der Waals surface area contributed by atoms with E-state index in [0.717, 1.165) is 0 Å². The molecule has 2 aliphatic carbocycles. The predicted molar refractivity (Wildman–Crippen MR) is 72.5 cm³/mol. The van der Waals surface area contributed by atoms with Gasteiger partial charge in [-0.2, -0.15) is 0 Å². The standard InChI is InChI=1S/C15H27NO2/c1-18-12-15(17)16(13-8-4-2-5-9-13)14-10-6-3-7-11-14/h13-14H,2-12H2,1H3. The van der Waals surface area contributed by atoms with Gasteiger partial charge in [0.2, 0.25) is 5.91 Å². The van der Waals surface area contributed by atoms with Crippen molar-refractivity contribution in [3.63, 3.8) is 0 Å². The molecule has 2 rings (SSSR count). The van der Waals surface area contributed by atoms with E-state index in [0.29, 0.717) is 12.1 Å². The second-order valence-electron chi connectivity index (χ2n) is 5.82. The molecule has 104 valence electrons. The summed E-state index contributed by atoms with van der Waals surface area (Å²) in [6.45, 7) is 0.257. The number of amides is 1. The number of hydrogen-bond donors (Lipinski definition) is 0. The third kappa shape index (κ3) is 3.47. The lowest BCUT2D eigenvalue weighted by Crippen LogP contribution is -2.50. The van der Waals surface area contributed by atoms with Crippen LogP contribution in [0.5, 0.6) is 0 Å². The summed E-state index contributed by atoms with van der Waals surface area (Å²) in [4.78, 5) is 14.6. The number of ether oxygens (including phenoxy) is 1. The van der Waals surface area contributed by atoms with E-state index in [1.807, 2.05) is 0 Å². The number of carbonyl (C=O) groups is 1. The highest BCUT2D eigenvalue weighted by Crippen LogP contribution is 2.30. The summed E-state index contributed by atoms with van der Waals surface area (Å²) in [6, 6.07) is 0.981. The molecular formula is C15H27NO2. The van der Waals surface area contributed by atoms with Crippen LogP contribution in [0.25, 0.3) is 0 Å². The number of carbonyl (C=O) groups excluding carboxylic acids is 1. The van der Waals surface area contributed by atoms with Crippen LogP contribution in [0.2, 0.25) is 0 Å². The quantitative estimate of drug-likeness (QED) is 0.770. The van der Waals surface area contributed by atoms with Gasteiger partial charge in [-0.05, 0) is 25.7 Å². The molecule has 0 saturated heterocycles. The molecule has 0 heterocycles. The second-order valence-corrected chi connectivity index (χ2v) is 5.82. The van der Waals surface area contributed by atoms with Crippen molar-refractivity contribution in [1.82, 2.24) is 4.90 Å². The number of nitrogens with zero attached hydrogens (tertiary/aromatic N) is 1. The molecule has 2 saturated carbocycles. The number of hydrogen-bond acceptors (Lipinski definition) is 2. The molecule has 1 amide bonds. The Bertz CT molecular complexity index is 237. The third-order valence-corrected chi connectivity index (χ3v) is 4.49. The minimum Gasteiger partial charge on any atom is -0.375 e. The average Bonchev–Trinajstić information content (AvgIpc) is 2.42. The van der Waals surface area contributed by atoms with Gasteiger partial charge in [0.25, 0.3) is 0 Å². The first-order valence-corrected chi connectivity index (χ1v) is 7.63. The molecule has 0 radical (unpaired) electrons. The van der Waals surface area contributed by atoms with Crippen molar-refractivity contribution < 1.29 is 9.53 Å². The van der Waals surface area contributed by atoms with Gasteiger partial charge < -0.3 is 9.64 Å². The smallest absolute Gasteiger partial charge is 0.249 e. The molecule has 0 atom stereocenters. The van der Waals surface area contributed by atoms with E-state index in [2.05, 4.69) is 4.90 Å². The molecule has 0 unspecified atom stereocenters. The van der Waals surface area contributed by atoms with Crippen LogP contribution in [0.4, 0.5) is 0 Å². The molecule has 0 aromatic rings.